The van der Waals surface area contributed by atoms with E-state index in [-0.39, 0.29) is 18.1 Å². The average Bonchev–Trinajstić information content (AvgIpc) is 2.77. The molecule has 0 aliphatic carbocycles. The van der Waals surface area contributed by atoms with Crippen LogP contribution in [0.5, 0.6) is 5.75 Å². The lowest BCUT2D eigenvalue weighted by molar-refractivity contribution is -0.157. The van der Waals surface area contributed by atoms with Crippen molar-refractivity contribution in [1.82, 2.24) is 9.88 Å². The number of hydrogen-bond acceptors (Lipinski definition) is 5. The van der Waals surface area contributed by atoms with Gasteiger partial charge in [0.2, 0.25) is 0 Å². The van der Waals surface area contributed by atoms with E-state index in [0.29, 0.717) is 18.3 Å². The lowest BCUT2D eigenvalue weighted by atomic mass is 9.73. The predicted octanol–water partition coefficient (Wildman–Crippen LogP) is 4.52. The van der Waals surface area contributed by atoms with E-state index in [0.717, 1.165) is 48.1 Å². The van der Waals surface area contributed by atoms with Crippen molar-refractivity contribution in [3.05, 3.63) is 48.7 Å². The van der Waals surface area contributed by atoms with Gasteiger partial charge in [-0.2, -0.15) is 0 Å². The van der Waals surface area contributed by atoms with Gasteiger partial charge in [0.1, 0.15) is 11.9 Å². The number of rotatable bonds is 7. The van der Waals surface area contributed by atoms with Crippen molar-refractivity contribution in [1.29, 1.82) is 0 Å². The first kappa shape index (κ1) is 19.9. The lowest BCUT2D eigenvalue weighted by Crippen LogP contribution is -2.55. The van der Waals surface area contributed by atoms with E-state index in [1.165, 1.54) is 6.42 Å². The van der Waals surface area contributed by atoms with E-state index in [4.69, 9.17) is 9.47 Å². The first-order valence-electron chi connectivity index (χ1n) is 10.6. The monoisotopic (exact) mass is 394 g/mol. The minimum Gasteiger partial charge on any atom is -0.497 e. The molecule has 2 unspecified atom stereocenters. The van der Waals surface area contributed by atoms with Gasteiger partial charge >= 0.3 is 5.97 Å². The summed E-state index contributed by atoms with van der Waals surface area (Å²) in [5.74, 6) is 1.79. The van der Waals surface area contributed by atoms with E-state index in [1.54, 1.807) is 7.11 Å². The smallest absolute Gasteiger partial charge is 0.306 e. The Bertz CT molecular complexity index is 897. The quantitative estimate of drug-likeness (QED) is 0.510. The van der Waals surface area contributed by atoms with Crippen molar-refractivity contribution in [2.75, 3.05) is 20.2 Å². The predicted molar refractivity (Wildman–Crippen MR) is 114 cm³/mol. The third-order valence-electron chi connectivity index (χ3n) is 6.50. The summed E-state index contributed by atoms with van der Waals surface area (Å²) in [6, 6.07) is 8.06. The third kappa shape index (κ3) is 3.88. The molecule has 1 aromatic carbocycles. The number of carbonyl (C=O) groups is 1. The second-order valence-corrected chi connectivity index (χ2v) is 8.19. The number of aromatic nitrogens is 1. The highest BCUT2D eigenvalue weighted by molar-refractivity contribution is 5.84. The largest absolute Gasteiger partial charge is 0.497 e. The maximum absolute atomic E-state index is 12.6. The molecule has 3 saturated heterocycles. The van der Waals surface area contributed by atoms with Crippen LogP contribution in [-0.2, 0) is 9.53 Å². The molecule has 5 heteroatoms. The molecular formula is C24H30N2O3. The Morgan fingerprint density at radius 1 is 1.41 bits per heavy atom. The van der Waals surface area contributed by atoms with Gasteiger partial charge in [0.05, 0.1) is 18.7 Å². The molecule has 1 aromatic heterocycles. The van der Waals surface area contributed by atoms with Gasteiger partial charge in [0.15, 0.2) is 0 Å². The molecule has 3 fully saturated rings. The van der Waals surface area contributed by atoms with E-state index in [1.807, 2.05) is 37.4 Å². The molecule has 5 atom stereocenters. The Labute approximate surface area is 172 Å². The summed E-state index contributed by atoms with van der Waals surface area (Å²) in [7, 11) is 1.66. The second kappa shape index (κ2) is 8.54. The van der Waals surface area contributed by atoms with Crippen LogP contribution < -0.4 is 4.74 Å². The number of piperidine rings is 3. The van der Waals surface area contributed by atoms with Crippen molar-refractivity contribution in [3.63, 3.8) is 0 Å². The maximum atomic E-state index is 12.6. The number of methoxy groups -OCH3 is 1. The molecule has 5 rings (SSSR count). The van der Waals surface area contributed by atoms with Crippen LogP contribution in [-0.4, -0.2) is 42.1 Å². The molecular weight excluding hydrogens is 364 g/mol. The molecule has 2 bridgehead atoms. The minimum atomic E-state index is -0.305. The first-order valence-corrected chi connectivity index (χ1v) is 10.6. The van der Waals surface area contributed by atoms with Gasteiger partial charge in [-0.15, -0.1) is 6.58 Å². The highest BCUT2D eigenvalue weighted by Gasteiger charge is 2.44. The van der Waals surface area contributed by atoms with Crippen LogP contribution in [0.4, 0.5) is 0 Å². The van der Waals surface area contributed by atoms with E-state index in [2.05, 4.69) is 22.5 Å². The zero-order valence-corrected chi connectivity index (χ0v) is 17.3. The van der Waals surface area contributed by atoms with Crippen molar-refractivity contribution < 1.29 is 14.3 Å². The molecule has 0 N–H and O–H groups in total. The molecule has 4 heterocycles. The van der Waals surface area contributed by atoms with Gasteiger partial charge in [-0.05, 0) is 61.9 Å². The Balaban J connectivity index is 1.75. The number of fused-ring (bicyclic) bond motifs is 4. The number of hydrogen-bond donors (Lipinski definition) is 0. The van der Waals surface area contributed by atoms with Crippen LogP contribution in [0.3, 0.4) is 0 Å². The van der Waals surface area contributed by atoms with Gasteiger partial charge in [-0.1, -0.05) is 13.0 Å². The summed E-state index contributed by atoms with van der Waals surface area (Å²) in [6.07, 6.45) is 7.04. The molecule has 0 amide bonds. The Morgan fingerprint density at radius 3 is 2.97 bits per heavy atom. The molecule has 0 spiro atoms. The summed E-state index contributed by atoms with van der Waals surface area (Å²) < 4.78 is 11.6. The van der Waals surface area contributed by atoms with E-state index < -0.39 is 0 Å². The molecule has 0 saturated carbocycles. The summed E-state index contributed by atoms with van der Waals surface area (Å²) in [5, 5.41) is 0.990. The van der Waals surface area contributed by atoms with Gasteiger partial charge in [0, 0.05) is 30.1 Å². The lowest BCUT2D eigenvalue weighted by Gasteiger charge is -2.51. The van der Waals surface area contributed by atoms with Crippen LogP contribution >= 0.6 is 0 Å². The Kier molecular flexibility index (Phi) is 5.86. The van der Waals surface area contributed by atoms with E-state index >= 15 is 0 Å². The highest BCUT2D eigenvalue weighted by Crippen LogP contribution is 2.43. The minimum absolute atomic E-state index is 0.131. The summed E-state index contributed by atoms with van der Waals surface area (Å²) >= 11 is 0. The molecule has 0 radical (unpaired) electrons. The van der Waals surface area contributed by atoms with Crippen molar-refractivity contribution in [2.45, 2.75) is 44.8 Å². The summed E-state index contributed by atoms with van der Waals surface area (Å²) in [5.41, 5.74) is 1.91. The molecule has 5 nitrogen and oxygen atoms in total. The van der Waals surface area contributed by atoms with Gasteiger partial charge < -0.3 is 9.47 Å². The fourth-order valence-corrected chi connectivity index (χ4v) is 4.97. The fourth-order valence-electron chi connectivity index (χ4n) is 4.97. The standard InChI is InChI=1S/C24H30N2O3/c1-4-6-23(27)29-24(22-13-17-10-12-26(22)15-16(17)5-2)19-9-11-25-21-8-7-18(28-3)14-20(19)21/h5,7-9,11,14,16-17,22,24H,2,4,6,10,12-13,15H2,1,3H3/t16-,17?,22+,24-/m0/s1. The third-order valence-corrected chi connectivity index (χ3v) is 6.50. The second-order valence-electron chi connectivity index (χ2n) is 8.19. The number of pyridine rings is 1. The summed E-state index contributed by atoms with van der Waals surface area (Å²) in [6.45, 7) is 8.08. The van der Waals surface area contributed by atoms with E-state index in [9.17, 15) is 4.79 Å². The van der Waals surface area contributed by atoms with Gasteiger partial charge in [-0.3, -0.25) is 14.7 Å². The van der Waals surface area contributed by atoms with Crippen molar-refractivity contribution in [3.8, 4) is 5.75 Å². The molecule has 29 heavy (non-hydrogen) atoms. The zero-order chi connectivity index (χ0) is 20.4. The number of ether oxygens (including phenoxy) is 2. The zero-order valence-electron chi connectivity index (χ0n) is 17.3. The fraction of sp³-hybridized carbons (Fsp3) is 0.500. The number of carbonyl (C=O) groups excluding carboxylic acids is 1. The van der Waals surface area contributed by atoms with Crippen LogP contribution in [0.15, 0.2) is 43.1 Å². The SMILES string of the molecule is C=C[C@H]1CN2CCC1C[C@@H]2[C@@H](OC(=O)CCC)c1ccnc2ccc(OC)cc12. The number of esters is 1. The number of benzene rings is 1. The molecule has 2 aromatic rings. The Morgan fingerprint density at radius 2 is 2.28 bits per heavy atom. The van der Waals surface area contributed by atoms with Crippen LogP contribution in [0.1, 0.15) is 44.3 Å². The molecule has 3 aliphatic heterocycles. The Hall–Kier alpha value is -2.40. The van der Waals surface area contributed by atoms with Crippen molar-refractivity contribution >= 4 is 16.9 Å². The van der Waals surface area contributed by atoms with Crippen LogP contribution in [0.2, 0.25) is 0 Å². The van der Waals surface area contributed by atoms with Crippen LogP contribution in [0, 0.1) is 11.8 Å². The number of nitrogens with zero attached hydrogens (tertiary/aromatic N) is 2. The maximum Gasteiger partial charge on any atom is 0.306 e. The average molecular weight is 395 g/mol. The first-order chi connectivity index (χ1) is 14.1. The normalized spacial score (nSPS) is 26.8. The molecule has 3 aliphatic rings. The van der Waals surface area contributed by atoms with Crippen LogP contribution in [0.25, 0.3) is 10.9 Å². The van der Waals surface area contributed by atoms with Gasteiger partial charge in [-0.25, -0.2) is 0 Å². The molecule has 154 valence electrons. The topological polar surface area (TPSA) is 51.7 Å². The van der Waals surface area contributed by atoms with Gasteiger partial charge in [0.25, 0.3) is 0 Å². The highest BCUT2D eigenvalue weighted by atomic mass is 16.5. The van der Waals surface area contributed by atoms with Crippen molar-refractivity contribution in [2.24, 2.45) is 11.8 Å². The summed E-state index contributed by atoms with van der Waals surface area (Å²) in [4.78, 5) is 19.6.